The van der Waals surface area contributed by atoms with Crippen molar-refractivity contribution < 1.29 is 14.3 Å². The molecule has 1 heterocycles. The number of methoxy groups -OCH3 is 1. The van der Waals surface area contributed by atoms with Crippen molar-refractivity contribution in [2.45, 2.75) is 20.0 Å². The van der Waals surface area contributed by atoms with Crippen molar-refractivity contribution in [3.05, 3.63) is 28.2 Å². The summed E-state index contributed by atoms with van der Waals surface area (Å²) in [6, 6.07) is 5.36. The molecule has 1 aromatic carbocycles. The lowest BCUT2D eigenvalue weighted by Gasteiger charge is -2.34. The SMILES string of the molecule is COc1ccc(Br)c(C(=O)NCC2CN(CC(C)C)CCO2)c1. The van der Waals surface area contributed by atoms with E-state index in [0.29, 0.717) is 23.8 Å². The number of halogens is 1. The third-order valence-corrected chi connectivity index (χ3v) is 4.45. The van der Waals surface area contributed by atoms with Crippen molar-refractivity contribution in [2.24, 2.45) is 5.92 Å². The highest BCUT2D eigenvalue weighted by molar-refractivity contribution is 9.10. The Kier molecular flexibility index (Phi) is 6.87. The van der Waals surface area contributed by atoms with Crippen LogP contribution in [0.25, 0.3) is 0 Å². The first kappa shape index (κ1) is 18.2. The third-order valence-electron chi connectivity index (χ3n) is 3.75. The molecule has 1 N–H and O–H groups in total. The van der Waals surface area contributed by atoms with Crippen LogP contribution >= 0.6 is 15.9 Å². The highest BCUT2D eigenvalue weighted by Gasteiger charge is 2.22. The van der Waals surface area contributed by atoms with Crippen LogP contribution in [-0.2, 0) is 4.74 Å². The molecule has 1 fully saturated rings. The van der Waals surface area contributed by atoms with Crippen LogP contribution in [0.3, 0.4) is 0 Å². The molecule has 2 rings (SSSR count). The van der Waals surface area contributed by atoms with Gasteiger partial charge in [0.05, 0.1) is 25.4 Å². The van der Waals surface area contributed by atoms with Gasteiger partial charge in [-0.25, -0.2) is 0 Å². The van der Waals surface area contributed by atoms with Crippen molar-refractivity contribution in [2.75, 3.05) is 39.9 Å². The van der Waals surface area contributed by atoms with Gasteiger partial charge in [0.25, 0.3) is 5.91 Å². The first-order valence-electron chi connectivity index (χ1n) is 7.95. The molecule has 0 spiro atoms. The number of rotatable bonds is 6. The molecule has 23 heavy (non-hydrogen) atoms. The van der Waals surface area contributed by atoms with E-state index in [-0.39, 0.29) is 12.0 Å². The van der Waals surface area contributed by atoms with Crippen LogP contribution in [0.2, 0.25) is 0 Å². The second-order valence-electron chi connectivity index (χ2n) is 6.20. The van der Waals surface area contributed by atoms with Crippen LogP contribution in [0.4, 0.5) is 0 Å². The molecular weight excluding hydrogens is 360 g/mol. The highest BCUT2D eigenvalue weighted by atomic mass is 79.9. The van der Waals surface area contributed by atoms with E-state index in [1.54, 1.807) is 13.2 Å². The minimum atomic E-state index is -0.125. The van der Waals surface area contributed by atoms with E-state index in [1.165, 1.54) is 0 Å². The van der Waals surface area contributed by atoms with Crippen LogP contribution in [-0.4, -0.2) is 56.8 Å². The Hall–Kier alpha value is -1.11. The Labute approximate surface area is 146 Å². The number of morpholine rings is 1. The lowest BCUT2D eigenvalue weighted by atomic mass is 10.1. The van der Waals surface area contributed by atoms with Crippen molar-refractivity contribution in [1.82, 2.24) is 10.2 Å². The Morgan fingerprint density at radius 2 is 2.30 bits per heavy atom. The average Bonchev–Trinajstić information content (AvgIpc) is 2.53. The molecule has 1 saturated heterocycles. The quantitative estimate of drug-likeness (QED) is 0.818. The van der Waals surface area contributed by atoms with E-state index >= 15 is 0 Å². The van der Waals surface area contributed by atoms with Gasteiger partial charge in [0.2, 0.25) is 0 Å². The van der Waals surface area contributed by atoms with Gasteiger partial charge < -0.3 is 14.8 Å². The van der Waals surface area contributed by atoms with E-state index < -0.39 is 0 Å². The number of carbonyl (C=O) groups is 1. The minimum Gasteiger partial charge on any atom is -0.497 e. The molecule has 0 saturated carbocycles. The summed E-state index contributed by atoms with van der Waals surface area (Å²) in [7, 11) is 1.59. The van der Waals surface area contributed by atoms with Gasteiger partial charge in [-0.05, 0) is 40.0 Å². The summed E-state index contributed by atoms with van der Waals surface area (Å²) < 4.78 is 11.7. The Morgan fingerprint density at radius 3 is 3.00 bits per heavy atom. The third kappa shape index (κ3) is 5.48. The molecule has 5 nitrogen and oxygen atoms in total. The number of amides is 1. The van der Waals surface area contributed by atoms with E-state index in [2.05, 4.69) is 40.0 Å². The summed E-state index contributed by atoms with van der Waals surface area (Å²) in [5.41, 5.74) is 0.569. The van der Waals surface area contributed by atoms with Gasteiger partial charge in [-0.3, -0.25) is 9.69 Å². The summed E-state index contributed by atoms with van der Waals surface area (Å²) in [5.74, 6) is 1.17. The Balaban J connectivity index is 1.89. The number of hydrogen-bond acceptors (Lipinski definition) is 4. The summed E-state index contributed by atoms with van der Waals surface area (Å²) >= 11 is 3.41. The van der Waals surface area contributed by atoms with Gasteiger partial charge in [0, 0.05) is 30.7 Å². The smallest absolute Gasteiger partial charge is 0.252 e. The molecule has 0 radical (unpaired) electrons. The largest absolute Gasteiger partial charge is 0.497 e. The molecule has 1 amide bonds. The summed E-state index contributed by atoms with van der Waals surface area (Å²) in [4.78, 5) is 14.8. The zero-order valence-corrected chi connectivity index (χ0v) is 15.6. The fourth-order valence-corrected chi connectivity index (χ4v) is 3.12. The number of carbonyl (C=O) groups excluding carboxylic acids is 1. The van der Waals surface area contributed by atoms with E-state index in [0.717, 1.165) is 30.7 Å². The maximum absolute atomic E-state index is 12.4. The average molecular weight is 385 g/mol. The predicted octanol–water partition coefficient (Wildman–Crippen LogP) is 2.54. The second-order valence-corrected chi connectivity index (χ2v) is 7.06. The van der Waals surface area contributed by atoms with Gasteiger partial charge in [-0.2, -0.15) is 0 Å². The number of hydrogen-bond donors (Lipinski definition) is 1. The molecule has 1 unspecified atom stereocenters. The Bertz CT molecular complexity index is 537. The minimum absolute atomic E-state index is 0.0378. The molecule has 1 aliphatic rings. The first-order chi connectivity index (χ1) is 11.0. The van der Waals surface area contributed by atoms with Crippen LogP contribution in [0, 0.1) is 5.92 Å². The predicted molar refractivity (Wildman–Crippen MR) is 94.0 cm³/mol. The first-order valence-corrected chi connectivity index (χ1v) is 8.74. The molecule has 0 bridgehead atoms. The van der Waals surface area contributed by atoms with Crippen LogP contribution in [0.5, 0.6) is 5.75 Å². The molecule has 0 aliphatic carbocycles. The zero-order chi connectivity index (χ0) is 16.8. The topological polar surface area (TPSA) is 50.8 Å². The lowest BCUT2D eigenvalue weighted by Crippen LogP contribution is -2.48. The van der Waals surface area contributed by atoms with Crippen molar-refractivity contribution >= 4 is 21.8 Å². The van der Waals surface area contributed by atoms with E-state index in [4.69, 9.17) is 9.47 Å². The van der Waals surface area contributed by atoms with Crippen molar-refractivity contribution in [3.8, 4) is 5.75 Å². The monoisotopic (exact) mass is 384 g/mol. The molecule has 0 aromatic heterocycles. The normalized spacial score (nSPS) is 18.9. The molecule has 128 valence electrons. The standard InChI is InChI=1S/C17H25BrN2O3/c1-12(2)10-20-6-7-23-14(11-20)9-19-17(21)15-8-13(22-3)4-5-16(15)18/h4-5,8,12,14H,6-7,9-11H2,1-3H3,(H,19,21). The van der Waals surface area contributed by atoms with Gasteiger partial charge >= 0.3 is 0 Å². The second kappa shape index (κ2) is 8.66. The maximum atomic E-state index is 12.4. The molecule has 6 heteroatoms. The fourth-order valence-electron chi connectivity index (χ4n) is 2.69. The highest BCUT2D eigenvalue weighted by Crippen LogP contribution is 2.22. The number of benzene rings is 1. The Morgan fingerprint density at radius 1 is 1.52 bits per heavy atom. The number of nitrogens with zero attached hydrogens (tertiary/aromatic N) is 1. The molecule has 1 aromatic rings. The maximum Gasteiger partial charge on any atom is 0.252 e. The molecule has 1 atom stereocenters. The lowest BCUT2D eigenvalue weighted by molar-refractivity contribution is -0.0295. The van der Waals surface area contributed by atoms with Gasteiger partial charge in [0.1, 0.15) is 5.75 Å². The summed E-state index contributed by atoms with van der Waals surface area (Å²) in [6.45, 7) is 8.54. The fraction of sp³-hybridized carbons (Fsp3) is 0.588. The molecule has 1 aliphatic heterocycles. The zero-order valence-electron chi connectivity index (χ0n) is 14.0. The summed E-state index contributed by atoms with van der Waals surface area (Å²) in [6.07, 6.45) is 0.0378. The van der Waals surface area contributed by atoms with Crippen LogP contribution in [0.15, 0.2) is 22.7 Å². The van der Waals surface area contributed by atoms with Gasteiger partial charge in [0.15, 0.2) is 0 Å². The summed E-state index contributed by atoms with van der Waals surface area (Å²) in [5, 5.41) is 2.96. The van der Waals surface area contributed by atoms with Crippen molar-refractivity contribution in [1.29, 1.82) is 0 Å². The van der Waals surface area contributed by atoms with E-state index in [9.17, 15) is 4.79 Å². The number of nitrogens with one attached hydrogen (secondary N) is 1. The van der Waals surface area contributed by atoms with Gasteiger partial charge in [-0.1, -0.05) is 13.8 Å². The molecular formula is C17H25BrN2O3. The van der Waals surface area contributed by atoms with E-state index in [1.807, 2.05) is 12.1 Å². The van der Waals surface area contributed by atoms with Crippen molar-refractivity contribution in [3.63, 3.8) is 0 Å². The van der Waals surface area contributed by atoms with Crippen LogP contribution in [0.1, 0.15) is 24.2 Å². The van der Waals surface area contributed by atoms with Gasteiger partial charge in [-0.15, -0.1) is 0 Å². The number of ether oxygens (including phenoxy) is 2. The van der Waals surface area contributed by atoms with Crippen LogP contribution < -0.4 is 10.1 Å².